The summed E-state index contributed by atoms with van der Waals surface area (Å²) in [6, 6.07) is 3.02. The van der Waals surface area contributed by atoms with E-state index in [9.17, 15) is 13.6 Å². The van der Waals surface area contributed by atoms with E-state index in [-0.39, 0.29) is 0 Å². The Hall–Kier alpha value is -2.44. The number of halogens is 2. The molecule has 7 heteroatoms. The summed E-state index contributed by atoms with van der Waals surface area (Å²) in [5.41, 5.74) is 3.01. The minimum absolute atomic E-state index is 0.401. The number of amides is 2. The number of nitrogens with one attached hydrogen (secondary N) is 1. The largest absolute Gasteiger partial charge is 0.322 e. The zero-order valence-electron chi connectivity index (χ0n) is 12.5. The summed E-state index contributed by atoms with van der Waals surface area (Å²) < 4.78 is 29.3. The van der Waals surface area contributed by atoms with E-state index in [2.05, 4.69) is 10.4 Å². The Morgan fingerprint density at radius 1 is 1.17 bits per heavy atom. The number of urea groups is 1. The van der Waals surface area contributed by atoms with Gasteiger partial charge in [0.25, 0.3) is 0 Å². The normalized spacial score (nSPS) is 16.2. The van der Waals surface area contributed by atoms with E-state index < -0.39 is 23.4 Å². The van der Waals surface area contributed by atoms with Crippen LogP contribution in [-0.4, -0.2) is 27.3 Å². The SMILES string of the molecule is O=C(Nc1c(F)cccc1F)N1CCn2nc3c(c2C1)CCC3. The summed E-state index contributed by atoms with van der Waals surface area (Å²) in [5, 5.41) is 6.92. The zero-order chi connectivity index (χ0) is 16.0. The molecule has 1 aromatic carbocycles. The number of nitrogens with zero attached hydrogens (tertiary/aromatic N) is 3. The van der Waals surface area contributed by atoms with Crippen LogP contribution in [0.1, 0.15) is 23.4 Å². The van der Waals surface area contributed by atoms with Crippen LogP contribution < -0.4 is 5.32 Å². The predicted molar refractivity (Wildman–Crippen MR) is 80.0 cm³/mol. The third-order valence-electron chi connectivity index (χ3n) is 4.49. The number of aryl methyl sites for hydroxylation is 1. The van der Waals surface area contributed by atoms with Crippen LogP contribution in [0.3, 0.4) is 0 Å². The van der Waals surface area contributed by atoms with Gasteiger partial charge >= 0.3 is 6.03 Å². The molecule has 2 heterocycles. The number of hydrogen-bond acceptors (Lipinski definition) is 2. The molecule has 1 aromatic heterocycles. The second-order valence-corrected chi connectivity index (χ2v) is 5.90. The lowest BCUT2D eigenvalue weighted by Crippen LogP contribution is -2.41. The van der Waals surface area contributed by atoms with Crippen LogP contribution in [0.5, 0.6) is 0 Å². The molecule has 0 unspecified atom stereocenters. The highest BCUT2D eigenvalue weighted by atomic mass is 19.1. The average molecular weight is 318 g/mol. The molecule has 4 rings (SSSR count). The van der Waals surface area contributed by atoms with Crippen molar-refractivity contribution in [3.8, 4) is 0 Å². The summed E-state index contributed by atoms with van der Waals surface area (Å²) >= 11 is 0. The lowest BCUT2D eigenvalue weighted by atomic mass is 10.1. The molecule has 1 N–H and O–H groups in total. The standard InChI is InChI=1S/C16H16F2N4O/c17-11-4-2-5-12(18)15(11)19-16(23)21-7-8-22-14(9-21)10-3-1-6-13(10)20-22/h2,4-5H,1,3,6-9H2,(H,19,23). The molecule has 0 saturated heterocycles. The van der Waals surface area contributed by atoms with Crippen LogP contribution in [0.25, 0.3) is 0 Å². The Morgan fingerprint density at radius 3 is 2.74 bits per heavy atom. The first-order valence-corrected chi connectivity index (χ1v) is 7.71. The van der Waals surface area contributed by atoms with Gasteiger partial charge in [-0.05, 0) is 37.0 Å². The Kier molecular flexibility index (Phi) is 3.28. The fraction of sp³-hybridized carbons (Fsp3) is 0.375. The molecule has 0 atom stereocenters. The molecule has 2 aliphatic rings. The smallest absolute Gasteiger partial charge is 0.317 e. The van der Waals surface area contributed by atoms with Gasteiger partial charge in [-0.2, -0.15) is 5.10 Å². The second kappa shape index (κ2) is 5.33. The third kappa shape index (κ3) is 2.36. The van der Waals surface area contributed by atoms with Crippen LogP contribution in [0.2, 0.25) is 0 Å². The van der Waals surface area contributed by atoms with Gasteiger partial charge in [-0.3, -0.25) is 4.68 Å². The zero-order valence-corrected chi connectivity index (χ0v) is 12.5. The number of fused-ring (bicyclic) bond motifs is 3. The molecule has 2 aromatic rings. The summed E-state index contributed by atoms with van der Waals surface area (Å²) in [4.78, 5) is 13.9. The summed E-state index contributed by atoms with van der Waals surface area (Å²) in [7, 11) is 0. The van der Waals surface area contributed by atoms with Crippen molar-refractivity contribution in [2.75, 3.05) is 11.9 Å². The van der Waals surface area contributed by atoms with Gasteiger partial charge in [0, 0.05) is 6.54 Å². The van der Waals surface area contributed by atoms with Gasteiger partial charge in [0.2, 0.25) is 0 Å². The number of para-hydroxylation sites is 1. The molecule has 0 bridgehead atoms. The quantitative estimate of drug-likeness (QED) is 0.879. The Bertz CT molecular complexity index is 766. The average Bonchev–Trinajstić information content (AvgIpc) is 3.11. The van der Waals surface area contributed by atoms with Crippen molar-refractivity contribution >= 4 is 11.7 Å². The van der Waals surface area contributed by atoms with E-state index in [0.29, 0.717) is 19.6 Å². The van der Waals surface area contributed by atoms with E-state index in [1.807, 2.05) is 4.68 Å². The third-order valence-corrected chi connectivity index (χ3v) is 4.49. The van der Waals surface area contributed by atoms with Crippen LogP contribution >= 0.6 is 0 Å². The lowest BCUT2D eigenvalue weighted by molar-refractivity contribution is 0.194. The van der Waals surface area contributed by atoms with E-state index in [1.54, 1.807) is 4.90 Å². The van der Waals surface area contributed by atoms with Gasteiger partial charge in [0.1, 0.15) is 17.3 Å². The van der Waals surface area contributed by atoms with Gasteiger partial charge in [0.15, 0.2) is 0 Å². The fourth-order valence-corrected chi connectivity index (χ4v) is 3.32. The maximum Gasteiger partial charge on any atom is 0.322 e. The molecule has 0 radical (unpaired) electrons. The van der Waals surface area contributed by atoms with Gasteiger partial charge in [-0.1, -0.05) is 6.07 Å². The first-order chi connectivity index (χ1) is 11.1. The topological polar surface area (TPSA) is 50.2 Å². The Labute approximate surface area is 131 Å². The van der Waals surface area contributed by atoms with E-state index in [0.717, 1.165) is 42.8 Å². The maximum absolute atomic E-state index is 13.7. The van der Waals surface area contributed by atoms with Crippen molar-refractivity contribution in [3.05, 3.63) is 46.8 Å². The molecule has 1 aliphatic carbocycles. The number of benzene rings is 1. The highest BCUT2D eigenvalue weighted by molar-refractivity contribution is 5.89. The van der Waals surface area contributed by atoms with Gasteiger partial charge in [0.05, 0.1) is 24.5 Å². The summed E-state index contributed by atoms with van der Waals surface area (Å²) in [6.07, 6.45) is 3.07. The number of rotatable bonds is 1. The Morgan fingerprint density at radius 2 is 1.96 bits per heavy atom. The molecule has 23 heavy (non-hydrogen) atoms. The highest BCUT2D eigenvalue weighted by Crippen LogP contribution is 2.28. The van der Waals surface area contributed by atoms with Crippen LogP contribution in [0, 0.1) is 11.6 Å². The number of carbonyl (C=O) groups is 1. The van der Waals surface area contributed by atoms with Gasteiger partial charge in [-0.15, -0.1) is 0 Å². The molecule has 0 saturated carbocycles. The van der Waals surface area contributed by atoms with Gasteiger partial charge < -0.3 is 10.2 Å². The second-order valence-electron chi connectivity index (χ2n) is 5.90. The van der Waals surface area contributed by atoms with E-state index in [1.165, 1.54) is 11.6 Å². The molecule has 0 spiro atoms. The number of aromatic nitrogens is 2. The summed E-state index contributed by atoms with van der Waals surface area (Å²) in [6.45, 7) is 1.50. The van der Waals surface area contributed by atoms with Crippen LogP contribution in [0.4, 0.5) is 19.3 Å². The van der Waals surface area contributed by atoms with Crippen molar-refractivity contribution in [1.29, 1.82) is 0 Å². The lowest BCUT2D eigenvalue weighted by Gasteiger charge is -2.28. The molecule has 1 aliphatic heterocycles. The first kappa shape index (κ1) is 14.2. The molecular formula is C16H16F2N4O. The van der Waals surface area contributed by atoms with Crippen LogP contribution in [0.15, 0.2) is 18.2 Å². The molecular weight excluding hydrogens is 302 g/mol. The van der Waals surface area contributed by atoms with Crippen molar-refractivity contribution in [2.45, 2.75) is 32.4 Å². The van der Waals surface area contributed by atoms with E-state index >= 15 is 0 Å². The Balaban J connectivity index is 1.54. The number of hydrogen-bond donors (Lipinski definition) is 1. The summed E-state index contributed by atoms with van der Waals surface area (Å²) in [5.74, 6) is -1.55. The van der Waals surface area contributed by atoms with Crippen molar-refractivity contribution < 1.29 is 13.6 Å². The molecule has 2 amide bonds. The van der Waals surface area contributed by atoms with Crippen molar-refractivity contribution in [1.82, 2.24) is 14.7 Å². The monoisotopic (exact) mass is 318 g/mol. The first-order valence-electron chi connectivity index (χ1n) is 7.71. The van der Waals surface area contributed by atoms with Gasteiger partial charge in [-0.25, -0.2) is 13.6 Å². The van der Waals surface area contributed by atoms with Crippen molar-refractivity contribution in [2.24, 2.45) is 0 Å². The number of anilines is 1. The maximum atomic E-state index is 13.7. The van der Waals surface area contributed by atoms with Crippen molar-refractivity contribution in [3.63, 3.8) is 0 Å². The fourth-order valence-electron chi connectivity index (χ4n) is 3.32. The molecule has 5 nitrogen and oxygen atoms in total. The minimum atomic E-state index is -0.777. The molecule has 120 valence electrons. The predicted octanol–water partition coefficient (Wildman–Crippen LogP) is 2.70. The highest BCUT2D eigenvalue weighted by Gasteiger charge is 2.29. The van der Waals surface area contributed by atoms with Crippen LogP contribution in [-0.2, 0) is 25.9 Å². The molecule has 0 fully saturated rings. The van der Waals surface area contributed by atoms with E-state index in [4.69, 9.17) is 0 Å². The minimum Gasteiger partial charge on any atom is -0.317 e. The number of carbonyl (C=O) groups excluding carboxylic acids is 1.